The van der Waals surface area contributed by atoms with Crippen molar-refractivity contribution in [1.82, 2.24) is 0 Å². The summed E-state index contributed by atoms with van der Waals surface area (Å²) in [6, 6.07) is 0. The van der Waals surface area contributed by atoms with E-state index >= 15 is 0 Å². The van der Waals surface area contributed by atoms with Gasteiger partial charge in [-0.1, -0.05) is 20.8 Å². The predicted octanol–water partition coefficient (Wildman–Crippen LogP) is 4.00. The third-order valence-electron chi connectivity index (χ3n) is 4.46. The fourth-order valence-electron chi connectivity index (χ4n) is 1.31. The van der Waals surface area contributed by atoms with Gasteiger partial charge in [-0.2, -0.15) is 0 Å². The smallest absolute Gasteiger partial charge is 0.0699 e. The summed E-state index contributed by atoms with van der Waals surface area (Å²) in [6.07, 6.45) is 0. The molecular formula is C17H37NO2. The maximum absolute atomic E-state index is 6.19. The molecule has 3 nitrogen and oxygen atoms in total. The van der Waals surface area contributed by atoms with Crippen molar-refractivity contribution in [2.24, 2.45) is 17.1 Å². The molecule has 0 rings (SSSR count). The summed E-state index contributed by atoms with van der Waals surface area (Å²) in [5.74, 6) is 0.307. The first-order valence-corrected chi connectivity index (χ1v) is 7.65. The van der Waals surface area contributed by atoms with Crippen molar-refractivity contribution in [2.45, 2.75) is 86.0 Å². The molecule has 0 saturated heterocycles. The van der Waals surface area contributed by atoms with E-state index in [0.29, 0.717) is 19.1 Å². The molecule has 0 fully saturated rings. The van der Waals surface area contributed by atoms with Gasteiger partial charge in [0.1, 0.15) is 0 Å². The Balaban J connectivity index is 4.61. The SMILES string of the molecule is CC(COC(C)(C)C(C)(C)COC(C)(C)C)C(C)(C)N. The topological polar surface area (TPSA) is 44.5 Å². The third kappa shape index (κ3) is 6.55. The summed E-state index contributed by atoms with van der Waals surface area (Å²) >= 11 is 0. The van der Waals surface area contributed by atoms with Crippen LogP contribution in [0.25, 0.3) is 0 Å². The van der Waals surface area contributed by atoms with E-state index in [1.807, 2.05) is 13.8 Å². The lowest BCUT2D eigenvalue weighted by Gasteiger charge is -2.43. The molecule has 20 heavy (non-hydrogen) atoms. The number of hydrogen-bond donors (Lipinski definition) is 1. The Labute approximate surface area is 126 Å². The predicted molar refractivity (Wildman–Crippen MR) is 86.9 cm³/mol. The van der Waals surface area contributed by atoms with Crippen LogP contribution in [0, 0.1) is 11.3 Å². The minimum Gasteiger partial charge on any atom is -0.375 e. The molecule has 0 aromatic rings. The van der Waals surface area contributed by atoms with Crippen LogP contribution in [-0.4, -0.2) is 30.0 Å². The van der Waals surface area contributed by atoms with E-state index < -0.39 is 0 Å². The lowest BCUT2D eigenvalue weighted by molar-refractivity contribution is -0.153. The highest BCUT2D eigenvalue weighted by Gasteiger charge is 2.40. The van der Waals surface area contributed by atoms with E-state index in [1.54, 1.807) is 0 Å². The van der Waals surface area contributed by atoms with Crippen LogP contribution in [0.5, 0.6) is 0 Å². The first-order chi connectivity index (χ1) is 8.58. The fraction of sp³-hybridized carbons (Fsp3) is 1.00. The van der Waals surface area contributed by atoms with E-state index in [1.165, 1.54) is 0 Å². The first-order valence-electron chi connectivity index (χ1n) is 7.65. The van der Waals surface area contributed by atoms with Gasteiger partial charge in [-0.05, 0) is 54.4 Å². The van der Waals surface area contributed by atoms with Crippen molar-refractivity contribution in [2.75, 3.05) is 13.2 Å². The average Bonchev–Trinajstić information content (AvgIpc) is 2.20. The van der Waals surface area contributed by atoms with Crippen LogP contribution < -0.4 is 5.73 Å². The highest BCUT2D eigenvalue weighted by atomic mass is 16.5. The van der Waals surface area contributed by atoms with Gasteiger partial charge in [0.2, 0.25) is 0 Å². The van der Waals surface area contributed by atoms with Gasteiger partial charge in [0.25, 0.3) is 0 Å². The average molecular weight is 287 g/mol. The van der Waals surface area contributed by atoms with E-state index in [2.05, 4.69) is 55.4 Å². The zero-order valence-electron chi connectivity index (χ0n) is 15.4. The Kier molecular flexibility index (Phi) is 6.29. The Morgan fingerprint density at radius 2 is 1.30 bits per heavy atom. The monoisotopic (exact) mass is 287 g/mol. The molecular weight excluding hydrogens is 250 g/mol. The highest BCUT2D eigenvalue weighted by Crippen LogP contribution is 2.36. The van der Waals surface area contributed by atoms with E-state index in [-0.39, 0.29) is 22.2 Å². The zero-order valence-corrected chi connectivity index (χ0v) is 15.4. The van der Waals surface area contributed by atoms with Crippen LogP contribution in [0.15, 0.2) is 0 Å². The van der Waals surface area contributed by atoms with Gasteiger partial charge in [-0.25, -0.2) is 0 Å². The van der Waals surface area contributed by atoms with Crippen molar-refractivity contribution in [1.29, 1.82) is 0 Å². The van der Waals surface area contributed by atoms with Gasteiger partial charge in [-0.15, -0.1) is 0 Å². The minimum atomic E-state index is -0.266. The summed E-state index contributed by atoms with van der Waals surface area (Å²) in [6.45, 7) is 22.4. The summed E-state index contributed by atoms with van der Waals surface area (Å²) in [7, 11) is 0. The third-order valence-corrected chi connectivity index (χ3v) is 4.46. The van der Waals surface area contributed by atoms with Crippen molar-refractivity contribution >= 4 is 0 Å². The van der Waals surface area contributed by atoms with Crippen molar-refractivity contribution in [3.63, 3.8) is 0 Å². The maximum Gasteiger partial charge on any atom is 0.0699 e. The van der Waals surface area contributed by atoms with Crippen LogP contribution in [0.3, 0.4) is 0 Å². The van der Waals surface area contributed by atoms with Gasteiger partial charge < -0.3 is 15.2 Å². The zero-order chi connectivity index (χ0) is 16.4. The van der Waals surface area contributed by atoms with Crippen LogP contribution >= 0.6 is 0 Å². The number of nitrogens with two attached hydrogens (primary N) is 1. The molecule has 3 heteroatoms. The minimum absolute atomic E-state index is 0.0707. The fourth-order valence-corrected chi connectivity index (χ4v) is 1.31. The molecule has 0 aromatic carbocycles. The van der Waals surface area contributed by atoms with Crippen LogP contribution in [-0.2, 0) is 9.47 Å². The Hall–Kier alpha value is -0.120. The molecule has 0 radical (unpaired) electrons. The molecule has 0 heterocycles. The molecule has 0 amide bonds. The van der Waals surface area contributed by atoms with Gasteiger partial charge in [-0.3, -0.25) is 0 Å². The van der Waals surface area contributed by atoms with Crippen LogP contribution in [0.1, 0.15) is 69.2 Å². The molecule has 0 aliphatic rings. The highest BCUT2D eigenvalue weighted by molar-refractivity contribution is 4.89. The molecule has 0 spiro atoms. The maximum atomic E-state index is 6.19. The lowest BCUT2D eigenvalue weighted by atomic mass is 9.77. The number of ether oxygens (including phenoxy) is 2. The molecule has 0 saturated carbocycles. The van der Waals surface area contributed by atoms with Crippen molar-refractivity contribution < 1.29 is 9.47 Å². The first kappa shape index (κ1) is 19.9. The van der Waals surface area contributed by atoms with Crippen LogP contribution in [0.4, 0.5) is 0 Å². The van der Waals surface area contributed by atoms with Gasteiger partial charge in [0.05, 0.1) is 24.4 Å². The molecule has 1 unspecified atom stereocenters. The molecule has 0 aromatic heterocycles. The second-order valence-corrected chi connectivity index (χ2v) is 8.83. The van der Waals surface area contributed by atoms with Gasteiger partial charge in [0, 0.05) is 11.0 Å². The standard InChI is InChI=1S/C17H37NO2/c1-13(16(7,8)18)11-19-17(9,10)15(5,6)12-20-14(2,3)4/h13H,11-12,18H2,1-10H3. The lowest BCUT2D eigenvalue weighted by Crippen LogP contribution is -2.49. The summed E-state index contributed by atoms with van der Waals surface area (Å²) < 4.78 is 12.1. The van der Waals surface area contributed by atoms with E-state index in [0.717, 1.165) is 0 Å². The molecule has 0 aliphatic carbocycles. The number of rotatable bonds is 7. The normalized spacial score (nSPS) is 16.4. The number of hydrogen-bond acceptors (Lipinski definition) is 3. The Bertz CT molecular complexity index is 295. The quantitative estimate of drug-likeness (QED) is 0.770. The van der Waals surface area contributed by atoms with Crippen LogP contribution in [0.2, 0.25) is 0 Å². The second kappa shape index (κ2) is 6.33. The second-order valence-electron chi connectivity index (χ2n) is 8.83. The van der Waals surface area contributed by atoms with Gasteiger partial charge in [0.15, 0.2) is 0 Å². The molecule has 122 valence electrons. The van der Waals surface area contributed by atoms with E-state index in [9.17, 15) is 0 Å². The van der Waals surface area contributed by atoms with Crippen molar-refractivity contribution in [3.8, 4) is 0 Å². The molecule has 0 bridgehead atoms. The van der Waals surface area contributed by atoms with Crippen molar-refractivity contribution in [3.05, 3.63) is 0 Å². The largest absolute Gasteiger partial charge is 0.375 e. The summed E-state index contributed by atoms with van der Waals surface area (Å²) in [5.41, 5.74) is 5.45. The summed E-state index contributed by atoms with van der Waals surface area (Å²) in [5, 5.41) is 0. The van der Waals surface area contributed by atoms with Gasteiger partial charge >= 0.3 is 0 Å². The Morgan fingerprint density at radius 1 is 0.850 bits per heavy atom. The molecule has 0 aliphatic heterocycles. The molecule has 1 atom stereocenters. The molecule has 2 N–H and O–H groups in total. The summed E-state index contributed by atoms with van der Waals surface area (Å²) in [4.78, 5) is 0. The van der Waals surface area contributed by atoms with E-state index in [4.69, 9.17) is 15.2 Å². The Morgan fingerprint density at radius 3 is 1.65 bits per heavy atom.